The predicted octanol–water partition coefficient (Wildman–Crippen LogP) is 4.01. The van der Waals surface area contributed by atoms with E-state index in [4.69, 9.17) is 5.73 Å². The summed E-state index contributed by atoms with van der Waals surface area (Å²) < 4.78 is 0. The zero-order chi connectivity index (χ0) is 14.8. The van der Waals surface area contributed by atoms with Crippen molar-refractivity contribution in [3.63, 3.8) is 0 Å². The average Bonchev–Trinajstić information content (AvgIpc) is 3.09. The van der Waals surface area contributed by atoms with E-state index >= 15 is 0 Å². The number of thiophene rings is 1. The van der Waals surface area contributed by atoms with Crippen molar-refractivity contribution in [3.05, 3.63) is 51.5 Å². The summed E-state index contributed by atoms with van der Waals surface area (Å²) in [4.78, 5) is 18.3. The van der Waals surface area contributed by atoms with E-state index in [-0.39, 0.29) is 5.91 Å². The van der Waals surface area contributed by atoms with Crippen LogP contribution in [0.25, 0.3) is 11.3 Å². The van der Waals surface area contributed by atoms with Gasteiger partial charge in [-0.1, -0.05) is 12.1 Å². The molecular formula is C15H13N3OS2. The number of aromatic nitrogens is 1. The number of amides is 1. The molecule has 0 aliphatic carbocycles. The molecule has 0 aliphatic rings. The number of thiazole rings is 1. The number of anilines is 2. The Bertz CT molecular complexity index is 774. The molecule has 1 amide bonds. The maximum atomic E-state index is 12.1. The van der Waals surface area contributed by atoms with E-state index in [1.807, 2.05) is 48.7 Å². The Kier molecular flexibility index (Phi) is 3.72. The number of hydrogen-bond donors (Lipinski definition) is 2. The third-order valence-corrected chi connectivity index (χ3v) is 4.65. The van der Waals surface area contributed by atoms with Gasteiger partial charge in [-0.25, -0.2) is 4.98 Å². The quantitative estimate of drug-likeness (QED) is 0.717. The van der Waals surface area contributed by atoms with Crippen LogP contribution in [0.5, 0.6) is 0 Å². The molecule has 0 saturated heterocycles. The van der Waals surface area contributed by atoms with Gasteiger partial charge in [0.25, 0.3) is 5.91 Å². The van der Waals surface area contributed by atoms with Gasteiger partial charge in [-0.3, -0.25) is 10.1 Å². The minimum absolute atomic E-state index is 0.119. The Morgan fingerprint density at radius 2 is 1.95 bits per heavy atom. The first kappa shape index (κ1) is 13.8. The lowest BCUT2D eigenvalue weighted by Crippen LogP contribution is -2.09. The van der Waals surface area contributed by atoms with Crippen LogP contribution < -0.4 is 11.1 Å². The van der Waals surface area contributed by atoms with Crippen LogP contribution in [0, 0.1) is 6.92 Å². The summed E-state index contributed by atoms with van der Waals surface area (Å²) in [6.07, 6.45) is 0. The lowest BCUT2D eigenvalue weighted by atomic mass is 10.1. The van der Waals surface area contributed by atoms with Crippen molar-refractivity contribution >= 4 is 39.4 Å². The first-order valence-electron chi connectivity index (χ1n) is 6.31. The Labute approximate surface area is 130 Å². The van der Waals surface area contributed by atoms with Crippen LogP contribution in [0.1, 0.15) is 14.5 Å². The van der Waals surface area contributed by atoms with Crippen LogP contribution in [0.2, 0.25) is 0 Å². The highest BCUT2D eigenvalue weighted by Gasteiger charge is 2.11. The second-order valence-corrected chi connectivity index (χ2v) is 6.67. The van der Waals surface area contributed by atoms with Crippen LogP contribution in [-0.4, -0.2) is 10.9 Å². The van der Waals surface area contributed by atoms with Gasteiger partial charge in [0.2, 0.25) is 0 Å². The number of rotatable bonds is 3. The van der Waals surface area contributed by atoms with Gasteiger partial charge >= 0.3 is 0 Å². The van der Waals surface area contributed by atoms with E-state index < -0.39 is 0 Å². The minimum Gasteiger partial charge on any atom is -0.399 e. The van der Waals surface area contributed by atoms with E-state index in [9.17, 15) is 4.79 Å². The number of nitrogens with one attached hydrogen (secondary N) is 1. The van der Waals surface area contributed by atoms with E-state index in [0.717, 1.165) is 21.8 Å². The minimum atomic E-state index is -0.119. The number of nitrogens with two attached hydrogens (primary N) is 1. The molecule has 21 heavy (non-hydrogen) atoms. The highest BCUT2D eigenvalue weighted by atomic mass is 32.1. The molecular weight excluding hydrogens is 302 g/mol. The Hall–Kier alpha value is -2.18. The van der Waals surface area contributed by atoms with Crippen molar-refractivity contribution in [3.8, 4) is 11.3 Å². The van der Waals surface area contributed by atoms with Crippen molar-refractivity contribution < 1.29 is 4.79 Å². The lowest BCUT2D eigenvalue weighted by molar-refractivity contribution is 0.103. The highest BCUT2D eigenvalue weighted by molar-refractivity contribution is 7.15. The highest BCUT2D eigenvalue weighted by Crippen LogP contribution is 2.26. The molecule has 2 heterocycles. The SMILES string of the molecule is Cc1ccc(C(=O)Nc2nc(-c3ccc(N)cc3)cs2)s1. The molecule has 1 aromatic carbocycles. The van der Waals surface area contributed by atoms with Gasteiger partial charge in [-0.15, -0.1) is 22.7 Å². The summed E-state index contributed by atoms with van der Waals surface area (Å²) in [5.41, 5.74) is 8.20. The second-order valence-electron chi connectivity index (χ2n) is 4.52. The van der Waals surface area contributed by atoms with E-state index in [0.29, 0.717) is 10.0 Å². The monoisotopic (exact) mass is 315 g/mol. The maximum Gasteiger partial charge on any atom is 0.267 e. The summed E-state index contributed by atoms with van der Waals surface area (Å²) in [5, 5.41) is 5.34. The molecule has 106 valence electrons. The molecule has 3 N–H and O–H groups in total. The second kappa shape index (κ2) is 5.67. The topological polar surface area (TPSA) is 68.0 Å². The molecule has 0 atom stereocenters. The van der Waals surface area contributed by atoms with Gasteiger partial charge in [-0.2, -0.15) is 0 Å². The molecule has 2 aromatic heterocycles. The third kappa shape index (κ3) is 3.12. The lowest BCUT2D eigenvalue weighted by Gasteiger charge is -1.99. The molecule has 3 rings (SSSR count). The predicted molar refractivity (Wildman–Crippen MR) is 89.0 cm³/mol. The molecule has 4 nitrogen and oxygen atoms in total. The van der Waals surface area contributed by atoms with Crippen LogP contribution in [0.15, 0.2) is 41.8 Å². The number of carbonyl (C=O) groups is 1. The fourth-order valence-electron chi connectivity index (χ4n) is 1.83. The largest absolute Gasteiger partial charge is 0.399 e. The number of nitrogens with zero attached hydrogens (tertiary/aromatic N) is 1. The summed E-state index contributed by atoms with van der Waals surface area (Å²) in [6, 6.07) is 11.3. The van der Waals surface area contributed by atoms with Crippen LogP contribution in [0.4, 0.5) is 10.8 Å². The Morgan fingerprint density at radius 3 is 2.62 bits per heavy atom. The average molecular weight is 315 g/mol. The summed E-state index contributed by atoms with van der Waals surface area (Å²) in [7, 11) is 0. The van der Waals surface area contributed by atoms with E-state index in [1.165, 1.54) is 22.7 Å². The maximum absolute atomic E-state index is 12.1. The van der Waals surface area contributed by atoms with Crippen molar-refractivity contribution in [2.24, 2.45) is 0 Å². The van der Waals surface area contributed by atoms with E-state index in [2.05, 4.69) is 10.3 Å². The summed E-state index contributed by atoms with van der Waals surface area (Å²) >= 11 is 2.88. The van der Waals surface area contributed by atoms with E-state index in [1.54, 1.807) is 0 Å². The van der Waals surface area contributed by atoms with Gasteiger partial charge in [0, 0.05) is 21.5 Å². The molecule has 0 saturated carbocycles. The van der Waals surface area contributed by atoms with Crippen molar-refractivity contribution in [1.82, 2.24) is 4.98 Å². The number of carbonyl (C=O) groups excluding carboxylic acids is 1. The molecule has 0 spiro atoms. The standard InChI is InChI=1S/C15H13N3OS2/c1-9-2-7-13(21-9)14(19)18-15-17-12(8-20-15)10-3-5-11(16)6-4-10/h2-8H,16H2,1H3,(H,17,18,19). The number of aryl methyl sites for hydroxylation is 1. The smallest absolute Gasteiger partial charge is 0.267 e. The van der Waals surface area contributed by atoms with Gasteiger partial charge in [0.05, 0.1) is 10.6 Å². The summed E-state index contributed by atoms with van der Waals surface area (Å²) in [6.45, 7) is 1.98. The van der Waals surface area contributed by atoms with Crippen LogP contribution in [0.3, 0.4) is 0 Å². The fourth-order valence-corrected chi connectivity index (χ4v) is 3.31. The van der Waals surface area contributed by atoms with Crippen molar-refractivity contribution in [1.29, 1.82) is 0 Å². The number of benzene rings is 1. The van der Waals surface area contributed by atoms with Crippen molar-refractivity contribution in [2.45, 2.75) is 6.92 Å². The first-order valence-corrected chi connectivity index (χ1v) is 8.00. The molecule has 3 aromatic rings. The Balaban J connectivity index is 1.76. The van der Waals surface area contributed by atoms with Gasteiger partial charge in [-0.05, 0) is 31.2 Å². The van der Waals surface area contributed by atoms with Crippen LogP contribution in [-0.2, 0) is 0 Å². The van der Waals surface area contributed by atoms with Gasteiger partial charge < -0.3 is 5.73 Å². The molecule has 0 fully saturated rings. The molecule has 0 aliphatic heterocycles. The first-order chi connectivity index (χ1) is 10.1. The molecule has 0 bridgehead atoms. The third-order valence-electron chi connectivity index (χ3n) is 2.90. The number of hydrogen-bond acceptors (Lipinski definition) is 5. The Morgan fingerprint density at radius 1 is 1.19 bits per heavy atom. The molecule has 0 radical (unpaired) electrons. The fraction of sp³-hybridized carbons (Fsp3) is 0.0667. The molecule has 6 heteroatoms. The zero-order valence-corrected chi connectivity index (χ0v) is 12.9. The zero-order valence-electron chi connectivity index (χ0n) is 11.3. The van der Waals surface area contributed by atoms with Crippen LogP contribution >= 0.6 is 22.7 Å². The normalized spacial score (nSPS) is 10.5. The van der Waals surface area contributed by atoms with Gasteiger partial charge in [0.15, 0.2) is 5.13 Å². The molecule has 0 unspecified atom stereocenters. The van der Waals surface area contributed by atoms with Gasteiger partial charge in [0.1, 0.15) is 0 Å². The van der Waals surface area contributed by atoms with Crippen molar-refractivity contribution in [2.75, 3.05) is 11.1 Å². The summed E-state index contributed by atoms with van der Waals surface area (Å²) in [5.74, 6) is -0.119. The number of nitrogen functional groups attached to an aromatic ring is 1.